The van der Waals surface area contributed by atoms with Gasteiger partial charge in [-0.1, -0.05) is 19.9 Å². The number of alkyl halides is 3. The summed E-state index contributed by atoms with van der Waals surface area (Å²) in [6, 6.07) is 1.84. The summed E-state index contributed by atoms with van der Waals surface area (Å²) in [5.41, 5.74) is -0.472. The second-order valence-corrected chi connectivity index (χ2v) is 3.69. The third kappa shape index (κ3) is 2.41. The lowest BCUT2D eigenvalue weighted by molar-refractivity contribution is -0.0891. The molecular formula is C11H12F3N. The minimum atomic E-state index is -4.35. The molecule has 0 fully saturated rings. The summed E-state index contributed by atoms with van der Waals surface area (Å²) < 4.78 is 37.4. The summed E-state index contributed by atoms with van der Waals surface area (Å²) in [6.45, 7) is 3.61. The Morgan fingerprint density at radius 2 is 2.07 bits per heavy atom. The number of nitriles is 1. The molecule has 15 heavy (non-hydrogen) atoms. The lowest BCUT2D eigenvalue weighted by Crippen LogP contribution is -2.21. The van der Waals surface area contributed by atoms with Crippen LogP contribution < -0.4 is 0 Å². The van der Waals surface area contributed by atoms with Crippen molar-refractivity contribution in [3.63, 3.8) is 0 Å². The van der Waals surface area contributed by atoms with Gasteiger partial charge in [-0.05, 0) is 24.3 Å². The Morgan fingerprint density at radius 1 is 1.47 bits per heavy atom. The van der Waals surface area contributed by atoms with Crippen molar-refractivity contribution >= 4 is 0 Å². The van der Waals surface area contributed by atoms with Crippen molar-refractivity contribution in [1.29, 1.82) is 5.26 Å². The summed E-state index contributed by atoms with van der Waals surface area (Å²) >= 11 is 0. The van der Waals surface area contributed by atoms with E-state index in [1.807, 2.05) is 13.0 Å². The molecule has 4 heteroatoms. The molecule has 1 aliphatic rings. The molecule has 0 aliphatic heterocycles. The highest BCUT2D eigenvalue weighted by Crippen LogP contribution is 2.37. The Labute approximate surface area is 86.9 Å². The van der Waals surface area contributed by atoms with Gasteiger partial charge in [0.15, 0.2) is 0 Å². The highest BCUT2D eigenvalue weighted by atomic mass is 19.4. The Kier molecular flexibility index (Phi) is 3.23. The third-order valence-electron chi connectivity index (χ3n) is 2.77. The highest BCUT2D eigenvalue weighted by molar-refractivity contribution is 5.40. The van der Waals surface area contributed by atoms with E-state index in [1.165, 1.54) is 6.08 Å². The fraction of sp³-hybridized carbons (Fsp3) is 0.545. The van der Waals surface area contributed by atoms with Gasteiger partial charge in [-0.15, -0.1) is 0 Å². The van der Waals surface area contributed by atoms with Gasteiger partial charge in [-0.2, -0.15) is 18.4 Å². The van der Waals surface area contributed by atoms with Crippen molar-refractivity contribution in [3.8, 4) is 6.07 Å². The Balaban J connectivity index is 3.10. The first-order valence-corrected chi connectivity index (χ1v) is 4.80. The molecule has 0 heterocycles. The molecule has 82 valence electrons. The van der Waals surface area contributed by atoms with Crippen LogP contribution >= 0.6 is 0 Å². The van der Waals surface area contributed by atoms with Gasteiger partial charge in [0.25, 0.3) is 0 Å². The van der Waals surface area contributed by atoms with Crippen LogP contribution in [0.1, 0.15) is 20.3 Å². The lowest BCUT2D eigenvalue weighted by atomic mass is 9.80. The number of nitrogens with zero attached hydrogens (tertiary/aromatic N) is 1. The molecule has 0 saturated heterocycles. The first-order valence-electron chi connectivity index (χ1n) is 4.80. The molecule has 1 nitrogen and oxygen atoms in total. The van der Waals surface area contributed by atoms with E-state index in [0.717, 1.165) is 6.08 Å². The normalized spacial score (nSPS) is 26.7. The summed E-state index contributed by atoms with van der Waals surface area (Å²) in [4.78, 5) is 0. The zero-order chi connectivity index (χ0) is 11.6. The zero-order valence-corrected chi connectivity index (χ0v) is 8.60. The van der Waals surface area contributed by atoms with Gasteiger partial charge in [0.2, 0.25) is 0 Å². The summed E-state index contributed by atoms with van der Waals surface area (Å²) in [5, 5.41) is 8.75. The van der Waals surface area contributed by atoms with Gasteiger partial charge >= 0.3 is 6.18 Å². The van der Waals surface area contributed by atoms with Crippen LogP contribution in [0.2, 0.25) is 0 Å². The van der Waals surface area contributed by atoms with Crippen LogP contribution in [-0.4, -0.2) is 6.18 Å². The van der Waals surface area contributed by atoms with Crippen molar-refractivity contribution in [2.24, 2.45) is 11.8 Å². The van der Waals surface area contributed by atoms with Crippen LogP contribution in [-0.2, 0) is 0 Å². The van der Waals surface area contributed by atoms with Gasteiger partial charge in [-0.3, -0.25) is 0 Å². The largest absolute Gasteiger partial charge is 0.416 e. The Hall–Kier alpha value is -1.24. The number of halogens is 3. The third-order valence-corrected chi connectivity index (χ3v) is 2.77. The average molecular weight is 215 g/mol. The van der Waals surface area contributed by atoms with Crippen LogP contribution in [0.25, 0.3) is 0 Å². The number of hydrogen-bond acceptors (Lipinski definition) is 1. The van der Waals surface area contributed by atoms with Crippen LogP contribution in [0.5, 0.6) is 0 Å². The van der Waals surface area contributed by atoms with Gasteiger partial charge < -0.3 is 0 Å². The second-order valence-electron chi connectivity index (χ2n) is 3.69. The van der Waals surface area contributed by atoms with Crippen molar-refractivity contribution < 1.29 is 13.2 Å². The molecule has 1 aliphatic carbocycles. The number of hydrogen-bond donors (Lipinski definition) is 0. The first kappa shape index (κ1) is 11.8. The Morgan fingerprint density at radius 3 is 2.47 bits per heavy atom. The molecule has 2 unspecified atom stereocenters. The van der Waals surface area contributed by atoms with E-state index >= 15 is 0 Å². The van der Waals surface area contributed by atoms with E-state index in [4.69, 9.17) is 5.26 Å². The monoisotopic (exact) mass is 215 g/mol. The highest BCUT2D eigenvalue weighted by Gasteiger charge is 2.36. The number of rotatable bonds is 1. The molecule has 0 aromatic carbocycles. The zero-order valence-electron chi connectivity index (χ0n) is 8.60. The topological polar surface area (TPSA) is 23.8 Å². The smallest absolute Gasteiger partial charge is 0.193 e. The SMILES string of the molecule is CCC1C=C(C(F)(F)F)C=C(C#N)C1C. The molecule has 0 aromatic heterocycles. The van der Waals surface area contributed by atoms with E-state index in [9.17, 15) is 13.2 Å². The van der Waals surface area contributed by atoms with E-state index in [1.54, 1.807) is 6.92 Å². The molecule has 1 rings (SSSR count). The summed E-state index contributed by atoms with van der Waals surface area (Å²) in [5.74, 6) is -0.313. The van der Waals surface area contributed by atoms with E-state index in [0.29, 0.717) is 6.42 Å². The maximum atomic E-state index is 12.5. The van der Waals surface area contributed by atoms with E-state index < -0.39 is 11.7 Å². The predicted molar refractivity (Wildman–Crippen MR) is 50.8 cm³/mol. The molecule has 0 N–H and O–H groups in total. The van der Waals surface area contributed by atoms with Crippen LogP contribution in [0.4, 0.5) is 13.2 Å². The second kappa shape index (κ2) is 4.09. The summed E-state index contributed by atoms with van der Waals surface area (Å²) in [7, 11) is 0. The standard InChI is InChI=1S/C11H12F3N/c1-3-8-4-10(11(12,13)14)5-9(6-15)7(8)2/h4-5,7-8H,3H2,1-2H3. The molecule has 0 aromatic rings. The van der Waals surface area contributed by atoms with Crippen LogP contribution in [0, 0.1) is 23.2 Å². The van der Waals surface area contributed by atoms with Crippen molar-refractivity contribution in [3.05, 3.63) is 23.3 Å². The molecule has 0 radical (unpaired) electrons. The number of allylic oxidation sites excluding steroid dienone is 4. The van der Waals surface area contributed by atoms with Crippen LogP contribution in [0.15, 0.2) is 23.3 Å². The first-order chi connectivity index (χ1) is 6.90. The van der Waals surface area contributed by atoms with Crippen molar-refractivity contribution in [2.45, 2.75) is 26.4 Å². The quantitative estimate of drug-likeness (QED) is 0.655. The molecular weight excluding hydrogens is 203 g/mol. The van der Waals surface area contributed by atoms with Gasteiger partial charge in [0.05, 0.1) is 11.6 Å². The van der Waals surface area contributed by atoms with Crippen molar-refractivity contribution in [1.82, 2.24) is 0 Å². The molecule has 0 saturated carbocycles. The molecule has 0 spiro atoms. The average Bonchev–Trinajstić information content (AvgIpc) is 2.16. The maximum Gasteiger partial charge on any atom is 0.416 e. The Bertz CT molecular complexity index is 344. The van der Waals surface area contributed by atoms with E-state index in [-0.39, 0.29) is 17.4 Å². The molecule has 2 atom stereocenters. The fourth-order valence-electron chi connectivity index (χ4n) is 1.73. The van der Waals surface area contributed by atoms with Gasteiger partial charge in [0.1, 0.15) is 0 Å². The lowest BCUT2D eigenvalue weighted by Gasteiger charge is -2.25. The minimum Gasteiger partial charge on any atom is -0.193 e. The van der Waals surface area contributed by atoms with E-state index in [2.05, 4.69) is 0 Å². The predicted octanol–water partition coefficient (Wildman–Crippen LogP) is 3.60. The van der Waals surface area contributed by atoms with Gasteiger partial charge in [-0.25, -0.2) is 0 Å². The maximum absolute atomic E-state index is 12.5. The van der Waals surface area contributed by atoms with Crippen molar-refractivity contribution in [2.75, 3.05) is 0 Å². The minimum absolute atomic E-state index is 0.119. The van der Waals surface area contributed by atoms with Crippen LogP contribution in [0.3, 0.4) is 0 Å². The molecule has 0 bridgehead atoms. The fourth-order valence-corrected chi connectivity index (χ4v) is 1.73. The van der Waals surface area contributed by atoms with Gasteiger partial charge in [0, 0.05) is 5.57 Å². The molecule has 0 amide bonds. The summed E-state index contributed by atoms with van der Waals surface area (Å²) in [6.07, 6.45) is -1.56.